The van der Waals surface area contributed by atoms with Gasteiger partial charge >= 0.3 is 7.60 Å². The standard InChI is InChI=1S/C27H28NO3P2/c1-3-30-33(29,31-4-2)27-22-26(20-21-28-27)32(23-14-8-5-9-15-23,24-16-10-6-11-17-24)25-18-12-7-13-19-25/h5-22H,3-4H2,1-2H3/q+1. The summed E-state index contributed by atoms with van der Waals surface area (Å²) in [7, 11) is -5.85. The van der Waals surface area contributed by atoms with Crippen LogP contribution in [0.25, 0.3) is 0 Å². The third-order valence-corrected chi connectivity index (χ3v) is 11.7. The van der Waals surface area contributed by atoms with Gasteiger partial charge in [-0.3, -0.25) is 4.57 Å². The average Bonchev–Trinajstić information content (AvgIpc) is 2.87. The van der Waals surface area contributed by atoms with Gasteiger partial charge in [0.2, 0.25) is 0 Å². The molecule has 0 saturated carbocycles. The molecule has 0 bridgehead atoms. The Morgan fingerprint density at radius 1 is 0.667 bits per heavy atom. The van der Waals surface area contributed by atoms with Crippen molar-refractivity contribution in [1.29, 1.82) is 0 Å². The van der Waals surface area contributed by atoms with Crippen LogP contribution in [0.3, 0.4) is 0 Å². The van der Waals surface area contributed by atoms with Gasteiger partial charge in [-0.1, -0.05) is 54.6 Å². The van der Waals surface area contributed by atoms with E-state index in [1.165, 1.54) is 15.9 Å². The summed E-state index contributed by atoms with van der Waals surface area (Å²) in [5, 5.41) is 4.68. The minimum atomic E-state index is -3.54. The van der Waals surface area contributed by atoms with Crippen LogP contribution < -0.4 is 26.7 Å². The van der Waals surface area contributed by atoms with Crippen molar-refractivity contribution in [3.05, 3.63) is 109 Å². The molecule has 3 aromatic carbocycles. The molecule has 1 aromatic heterocycles. The molecule has 1 heterocycles. The molecular weight excluding hydrogens is 448 g/mol. The molecule has 168 valence electrons. The zero-order chi connectivity index (χ0) is 23.2. The second-order valence-corrected chi connectivity index (χ2v) is 12.8. The highest BCUT2D eigenvalue weighted by molar-refractivity contribution is 8.01. The lowest BCUT2D eigenvalue weighted by molar-refractivity contribution is 0.229. The first kappa shape index (κ1) is 23.5. The fourth-order valence-corrected chi connectivity index (χ4v) is 10.0. The van der Waals surface area contributed by atoms with E-state index in [1.807, 2.05) is 44.2 Å². The maximum atomic E-state index is 13.6. The van der Waals surface area contributed by atoms with Crippen molar-refractivity contribution >= 4 is 41.5 Å². The van der Waals surface area contributed by atoms with Crippen LogP contribution in [0.1, 0.15) is 13.8 Å². The molecule has 0 saturated heterocycles. The lowest BCUT2D eigenvalue weighted by Crippen LogP contribution is -2.39. The molecule has 0 aliphatic rings. The predicted molar refractivity (Wildman–Crippen MR) is 140 cm³/mol. The van der Waals surface area contributed by atoms with Gasteiger partial charge in [0.25, 0.3) is 0 Å². The van der Waals surface area contributed by atoms with E-state index >= 15 is 0 Å². The molecular formula is C27H28NO3P2+. The fraction of sp³-hybridized carbons (Fsp3) is 0.148. The molecule has 0 atom stereocenters. The number of pyridine rings is 1. The second kappa shape index (κ2) is 10.5. The van der Waals surface area contributed by atoms with E-state index < -0.39 is 14.9 Å². The smallest absolute Gasteiger partial charge is 0.304 e. The molecule has 0 radical (unpaired) electrons. The van der Waals surface area contributed by atoms with E-state index in [-0.39, 0.29) is 13.2 Å². The Morgan fingerprint density at radius 3 is 1.48 bits per heavy atom. The van der Waals surface area contributed by atoms with Gasteiger partial charge in [-0.15, -0.1) is 0 Å². The molecule has 0 amide bonds. The number of nitrogens with zero attached hydrogens (tertiary/aromatic N) is 1. The number of hydrogen-bond acceptors (Lipinski definition) is 4. The monoisotopic (exact) mass is 476 g/mol. The van der Waals surface area contributed by atoms with E-state index in [4.69, 9.17) is 9.05 Å². The van der Waals surface area contributed by atoms with E-state index in [2.05, 4.69) is 77.8 Å². The van der Waals surface area contributed by atoms with E-state index in [0.29, 0.717) is 5.44 Å². The topological polar surface area (TPSA) is 48.4 Å². The summed E-state index contributed by atoms with van der Waals surface area (Å²) in [4.78, 5) is 4.45. The van der Waals surface area contributed by atoms with Crippen molar-refractivity contribution in [2.45, 2.75) is 13.8 Å². The second-order valence-electron chi connectivity index (χ2n) is 7.38. The summed E-state index contributed by atoms with van der Waals surface area (Å²) in [5.41, 5.74) is 0.343. The van der Waals surface area contributed by atoms with Crippen molar-refractivity contribution in [3.63, 3.8) is 0 Å². The third-order valence-electron chi connectivity index (χ3n) is 5.43. The van der Waals surface area contributed by atoms with Crippen LogP contribution >= 0.6 is 14.9 Å². The highest BCUT2D eigenvalue weighted by Crippen LogP contribution is 2.55. The first-order chi connectivity index (χ1) is 16.1. The van der Waals surface area contributed by atoms with Gasteiger partial charge in [0, 0.05) is 12.3 Å². The average molecular weight is 476 g/mol. The van der Waals surface area contributed by atoms with Gasteiger partial charge in [0.05, 0.1) is 13.2 Å². The van der Waals surface area contributed by atoms with Crippen molar-refractivity contribution in [3.8, 4) is 0 Å². The van der Waals surface area contributed by atoms with Crippen molar-refractivity contribution < 1.29 is 13.6 Å². The van der Waals surface area contributed by atoms with Crippen LogP contribution in [0, 0.1) is 0 Å². The molecule has 0 aliphatic heterocycles. The maximum Gasteiger partial charge on any atom is 0.379 e. The summed E-state index contributed by atoms with van der Waals surface area (Å²) in [5.74, 6) is 0. The minimum Gasteiger partial charge on any atom is -0.304 e. The van der Waals surface area contributed by atoms with Gasteiger partial charge in [0.15, 0.2) is 5.44 Å². The number of aromatic nitrogens is 1. The van der Waals surface area contributed by atoms with E-state index in [9.17, 15) is 4.57 Å². The molecule has 0 spiro atoms. The van der Waals surface area contributed by atoms with Crippen molar-refractivity contribution in [1.82, 2.24) is 4.98 Å². The Bertz CT molecular complexity index is 1110. The third kappa shape index (κ3) is 4.58. The Morgan fingerprint density at radius 2 is 1.09 bits per heavy atom. The summed E-state index contributed by atoms with van der Waals surface area (Å²) >= 11 is 0. The Labute approximate surface area is 196 Å². The largest absolute Gasteiger partial charge is 0.379 e. The SMILES string of the molecule is CCOP(=O)(OCC)c1cc([P+](c2ccccc2)(c2ccccc2)c2ccccc2)ccn1. The highest BCUT2D eigenvalue weighted by atomic mass is 31.2. The molecule has 0 aliphatic carbocycles. The molecule has 0 unspecified atom stereocenters. The molecule has 33 heavy (non-hydrogen) atoms. The van der Waals surface area contributed by atoms with E-state index in [1.54, 1.807) is 6.20 Å². The zero-order valence-corrected chi connectivity index (χ0v) is 20.7. The van der Waals surface area contributed by atoms with Gasteiger partial charge in [-0.05, 0) is 56.3 Å². The summed E-state index contributed by atoms with van der Waals surface area (Å²) in [6.07, 6.45) is 1.72. The summed E-state index contributed by atoms with van der Waals surface area (Å²) in [6, 6.07) is 35.6. The molecule has 4 aromatic rings. The van der Waals surface area contributed by atoms with Gasteiger partial charge in [-0.25, -0.2) is 4.98 Å². The molecule has 4 rings (SSSR count). The molecule has 4 nitrogen and oxygen atoms in total. The summed E-state index contributed by atoms with van der Waals surface area (Å²) in [6.45, 7) is 4.18. The maximum absolute atomic E-state index is 13.6. The van der Waals surface area contributed by atoms with Crippen LogP contribution in [0.5, 0.6) is 0 Å². The number of hydrogen-bond donors (Lipinski definition) is 0. The van der Waals surface area contributed by atoms with E-state index in [0.717, 1.165) is 5.30 Å². The van der Waals surface area contributed by atoms with Gasteiger partial charge < -0.3 is 9.05 Å². The Balaban J connectivity index is 2.06. The number of benzene rings is 3. The van der Waals surface area contributed by atoms with Crippen LogP contribution in [0.2, 0.25) is 0 Å². The lowest BCUT2D eigenvalue weighted by Gasteiger charge is -2.28. The van der Waals surface area contributed by atoms with Crippen molar-refractivity contribution in [2.75, 3.05) is 13.2 Å². The van der Waals surface area contributed by atoms with Crippen molar-refractivity contribution in [2.24, 2.45) is 0 Å². The zero-order valence-electron chi connectivity index (χ0n) is 18.9. The Hall–Kier alpha value is -2.61. The number of rotatable bonds is 9. The quantitative estimate of drug-likeness (QED) is 0.332. The highest BCUT2D eigenvalue weighted by Gasteiger charge is 2.48. The van der Waals surface area contributed by atoms with Crippen LogP contribution in [-0.2, 0) is 13.6 Å². The molecule has 0 N–H and O–H groups in total. The van der Waals surface area contributed by atoms with Crippen LogP contribution in [0.15, 0.2) is 109 Å². The Kier molecular flexibility index (Phi) is 7.53. The summed E-state index contributed by atoms with van der Waals surface area (Å²) < 4.78 is 24.9. The van der Waals surface area contributed by atoms with Gasteiger partial charge in [0.1, 0.15) is 28.5 Å². The normalized spacial score (nSPS) is 11.9. The first-order valence-corrected chi connectivity index (χ1v) is 14.4. The minimum absolute atomic E-state index is 0.277. The van der Waals surface area contributed by atoms with Gasteiger partial charge in [-0.2, -0.15) is 0 Å². The molecule has 6 heteroatoms. The lowest BCUT2D eigenvalue weighted by atomic mass is 10.3. The predicted octanol–water partition coefficient (Wildman–Crippen LogP) is 4.59. The fourth-order valence-electron chi connectivity index (χ4n) is 4.12. The van der Waals surface area contributed by atoms with Crippen LogP contribution in [0.4, 0.5) is 0 Å². The first-order valence-electron chi connectivity index (χ1n) is 11.1. The molecule has 0 fully saturated rings. The van der Waals surface area contributed by atoms with Crippen LogP contribution in [-0.4, -0.2) is 18.2 Å².